The molecule has 228 valence electrons. The summed E-state index contributed by atoms with van der Waals surface area (Å²) in [5.74, 6) is 1.82. The fraction of sp³-hybridized carbons (Fsp3) is 0.0213. The van der Waals surface area contributed by atoms with Crippen molar-refractivity contribution in [1.82, 2.24) is 4.57 Å². The Kier molecular flexibility index (Phi) is 5.34. The Morgan fingerprint density at radius 1 is 0.408 bits per heavy atom. The normalized spacial score (nSPS) is 13.6. The molecular formula is C47H29NO. The lowest BCUT2D eigenvalue weighted by molar-refractivity contribution is 0.436. The van der Waals surface area contributed by atoms with E-state index in [1.165, 1.54) is 82.8 Å². The second-order valence-corrected chi connectivity index (χ2v) is 13.2. The van der Waals surface area contributed by atoms with Gasteiger partial charge in [0.05, 0.1) is 16.4 Å². The quantitative estimate of drug-likeness (QED) is 0.187. The van der Waals surface area contributed by atoms with Crippen LogP contribution in [0.25, 0.3) is 60.5 Å². The number of fused-ring (bicyclic) bond motifs is 14. The Bertz CT molecular complexity index is 2760. The molecule has 0 amide bonds. The predicted octanol–water partition coefficient (Wildman–Crippen LogP) is 12.1. The van der Waals surface area contributed by atoms with Gasteiger partial charge in [0.2, 0.25) is 0 Å². The van der Waals surface area contributed by atoms with Crippen molar-refractivity contribution in [3.8, 4) is 39.4 Å². The van der Waals surface area contributed by atoms with E-state index in [4.69, 9.17) is 4.74 Å². The van der Waals surface area contributed by atoms with Crippen LogP contribution >= 0.6 is 0 Å². The van der Waals surface area contributed by atoms with Gasteiger partial charge >= 0.3 is 0 Å². The maximum absolute atomic E-state index is 6.68. The van der Waals surface area contributed by atoms with Crippen LogP contribution in [0, 0.1) is 0 Å². The molecule has 0 unspecified atom stereocenters. The van der Waals surface area contributed by atoms with Crippen LogP contribution in [-0.4, -0.2) is 4.57 Å². The van der Waals surface area contributed by atoms with E-state index < -0.39 is 5.41 Å². The maximum atomic E-state index is 6.68. The number of rotatable bonds is 2. The molecule has 1 spiro atoms. The van der Waals surface area contributed by atoms with Crippen molar-refractivity contribution in [1.29, 1.82) is 0 Å². The SMILES string of the molecule is c1ccc(-n2c3ccccc3c3c4ccc(-c5ccc6c(c5)C5(c7ccccc7O6)c6ccccc6-c6ccccc65)cc4ccc32)cc1. The Labute approximate surface area is 284 Å². The monoisotopic (exact) mass is 623 g/mol. The van der Waals surface area contributed by atoms with Gasteiger partial charge in [-0.15, -0.1) is 0 Å². The molecule has 2 heterocycles. The molecule has 49 heavy (non-hydrogen) atoms. The van der Waals surface area contributed by atoms with Gasteiger partial charge < -0.3 is 9.30 Å². The molecule has 1 aromatic heterocycles. The first kappa shape index (κ1) is 26.7. The third kappa shape index (κ3) is 3.50. The highest BCUT2D eigenvalue weighted by molar-refractivity contribution is 6.21. The summed E-state index contributed by atoms with van der Waals surface area (Å²) < 4.78 is 9.07. The van der Waals surface area contributed by atoms with Gasteiger partial charge in [0.1, 0.15) is 11.5 Å². The molecule has 0 radical (unpaired) electrons. The third-order valence-electron chi connectivity index (χ3n) is 10.8. The number of hydrogen-bond donors (Lipinski definition) is 0. The summed E-state index contributed by atoms with van der Waals surface area (Å²) in [5.41, 5.74) is 13.1. The predicted molar refractivity (Wildman–Crippen MR) is 201 cm³/mol. The molecule has 0 N–H and O–H groups in total. The lowest BCUT2D eigenvalue weighted by atomic mass is 9.66. The molecule has 9 aromatic rings. The van der Waals surface area contributed by atoms with Crippen molar-refractivity contribution in [3.05, 3.63) is 198 Å². The summed E-state index contributed by atoms with van der Waals surface area (Å²) in [6, 6.07) is 64.1. The summed E-state index contributed by atoms with van der Waals surface area (Å²) in [7, 11) is 0. The molecule has 0 atom stereocenters. The fourth-order valence-electron chi connectivity index (χ4n) is 8.87. The third-order valence-corrected chi connectivity index (χ3v) is 10.8. The second-order valence-electron chi connectivity index (χ2n) is 13.2. The van der Waals surface area contributed by atoms with Crippen molar-refractivity contribution in [2.24, 2.45) is 0 Å². The Morgan fingerprint density at radius 3 is 1.86 bits per heavy atom. The van der Waals surface area contributed by atoms with Gasteiger partial charge in [0, 0.05) is 27.6 Å². The van der Waals surface area contributed by atoms with Crippen molar-refractivity contribution in [3.63, 3.8) is 0 Å². The summed E-state index contributed by atoms with van der Waals surface area (Å²) >= 11 is 0. The van der Waals surface area contributed by atoms with Crippen molar-refractivity contribution >= 4 is 32.6 Å². The topological polar surface area (TPSA) is 14.2 Å². The molecule has 2 nitrogen and oxygen atoms in total. The lowest BCUT2D eigenvalue weighted by Crippen LogP contribution is -2.32. The Balaban J connectivity index is 1.14. The molecule has 0 bridgehead atoms. The van der Waals surface area contributed by atoms with Gasteiger partial charge in [0.15, 0.2) is 0 Å². The van der Waals surface area contributed by atoms with E-state index in [0.717, 1.165) is 11.5 Å². The van der Waals surface area contributed by atoms with Crippen LogP contribution in [-0.2, 0) is 5.41 Å². The molecule has 11 rings (SSSR count). The minimum atomic E-state index is -0.477. The van der Waals surface area contributed by atoms with Crippen LogP contribution < -0.4 is 4.74 Å². The van der Waals surface area contributed by atoms with Gasteiger partial charge in [0.25, 0.3) is 0 Å². The van der Waals surface area contributed by atoms with Crippen LogP contribution in [0.4, 0.5) is 0 Å². The average molecular weight is 624 g/mol. The summed E-state index contributed by atoms with van der Waals surface area (Å²) in [5, 5.41) is 5.05. The van der Waals surface area contributed by atoms with E-state index >= 15 is 0 Å². The minimum Gasteiger partial charge on any atom is -0.457 e. The van der Waals surface area contributed by atoms with E-state index in [-0.39, 0.29) is 0 Å². The molecular weight excluding hydrogens is 595 g/mol. The molecule has 0 saturated heterocycles. The fourth-order valence-corrected chi connectivity index (χ4v) is 8.87. The number of para-hydroxylation sites is 3. The molecule has 2 aliphatic rings. The van der Waals surface area contributed by atoms with Gasteiger partial charge in [-0.25, -0.2) is 0 Å². The zero-order valence-electron chi connectivity index (χ0n) is 26.6. The van der Waals surface area contributed by atoms with Crippen molar-refractivity contribution < 1.29 is 4.74 Å². The average Bonchev–Trinajstić information content (AvgIpc) is 3.66. The van der Waals surface area contributed by atoms with Crippen LogP contribution in [0.5, 0.6) is 11.5 Å². The van der Waals surface area contributed by atoms with Crippen LogP contribution in [0.3, 0.4) is 0 Å². The Hall–Kier alpha value is -6.38. The molecule has 2 heteroatoms. The first-order valence-corrected chi connectivity index (χ1v) is 16.9. The van der Waals surface area contributed by atoms with Crippen molar-refractivity contribution in [2.75, 3.05) is 0 Å². The number of aromatic nitrogens is 1. The molecule has 0 saturated carbocycles. The largest absolute Gasteiger partial charge is 0.457 e. The highest BCUT2D eigenvalue weighted by atomic mass is 16.5. The van der Waals surface area contributed by atoms with E-state index in [0.29, 0.717) is 0 Å². The summed E-state index contributed by atoms with van der Waals surface area (Å²) in [6.07, 6.45) is 0. The van der Waals surface area contributed by atoms with Crippen LogP contribution in [0.2, 0.25) is 0 Å². The van der Waals surface area contributed by atoms with E-state index in [1.807, 2.05) is 0 Å². The van der Waals surface area contributed by atoms with E-state index in [2.05, 4.69) is 180 Å². The van der Waals surface area contributed by atoms with Crippen LogP contribution in [0.1, 0.15) is 22.3 Å². The van der Waals surface area contributed by atoms with Gasteiger partial charge in [-0.3, -0.25) is 0 Å². The summed E-state index contributed by atoms with van der Waals surface area (Å²) in [4.78, 5) is 0. The highest BCUT2D eigenvalue weighted by Gasteiger charge is 2.50. The maximum Gasteiger partial charge on any atom is 0.132 e. The number of benzene rings is 8. The number of hydrogen-bond acceptors (Lipinski definition) is 1. The Morgan fingerprint density at radius 2 is 1.04 bits per heavy atom. The van der Waals surface area contributed by atoms with E-state index in [9.17, 15) is 0 Å². The van der Waals surface area contributed by atoms with E-state index in [1.54, 1.807) is 0 Å². The molecule has 1 aliphatic heterocycles. The van der Waals surface area contributed by atoms with Gasteiger partial charge in [-0.05, 0) is 92.7 Å². The van der Waals surface area contributed by atoms with Crippen molar-refractivity contribution in [2.45, 2.75) is 5.41 Å². The second kappa shape index (κ2) is 9.82. The molecule has 1 aliphatic carbocycles. The first-order valence-electron chi connectivity index (χ1n) is 16.9. The zero-order valence-corrected chi connectivity index (χ0v) is 26.6. The number of ether oxygens (including phenoxy) is 1. The lowest BCUT2D eigenvalue weighted by Gasteiger charge is -2.39. The smallest absolute Gasteiger partial charge is 0.132 e. The standard InChI is InChI=1S/C47H29NO/c1-2-12-33(13-3-1)48-42-20-10-6-16-37(42)46-34-25-22-30(28-32(34)23-26-43(46)48)31-24-27-45-41(29-31)47(40-19-9-11-21-44(40)49-45)38-17-7-4-14-35(38)36-15-5-8-18-39(36)47/h1-29H. The van der Waals surface area contributed by atoms with Gasteiger partial charge in [-0.2, -0.15) is 0 Å². The highest BCUT2D eigenvalue weighted by Crippen LogP contribution is 2.62. The van der Waals surface area contributed by atoms with Crippen LogP contribution in [0.15, 0.2) is 176 Å². The molecule has 8 aromatic carbocycles. The first-order chi connectivity index (χ1) is 24.3. The summed E-state index contributed by atoms with van der Waals surface area (Å²) in [6.45, 7) is 0. The minimum absolute atomic E-state index is 0.477. The zero-order chi connectivity index (χ0) is 32.1. The number of nitrogens with zero attached hydrogens (tertiary/aromatic N) is 1. The van der Waals surface area contributed by atoms with Gasteiger partial charge in [-0.1, -0.05) is 127 Å². The molecule has 0 fully saturated rings.